The molecular formula is C11H17NO. The second kappa shape index (κ2) is 3.38. The molecule has 0 saturated carbocycles. The number of aryl methyl sites for hydroxylation is 1. The van der Waals surface area contributed by atoms with Crippen molar-refractivity contribution in [3.05, 3.63) is 29.3 Å². The van der Waals surface area contributed by atoms with E-state index in [-0.39, 0.29) is 0 Å². The predicted octanol–water partition coefficient (Wildman–Crippen LogP) is 2.15. The molecule has 3 N–H and O–H groups in total. The fourth-order valence-corrected chi connectivity index (χ4v) is 1.40. The first kappa shape index (κ1) is 10.1. The molecule has 1 aromatic carbocycles. The number of benzene rings is 1. The van der Waals surface area contributed by atoms with Gasteiger partial charge in [0.15, 0.2) is 0 Å². The zero-order chi connectivity index (χ0) is 10.1. The van der Waals surface area contributed by atoms with E-state index in [0.717, 1.165) is 17.5 Å². The molecule has 0 aromatic heterocycles. The number of phenolic OH excluding ortho intramolecular Hbond substituents is 1. The van der Waals surface area contributed by atoms with Gasteiger partial charge in [-0.25, -0.2) is 0 Å². The van der Waals surface area contributed by atoms with E-state index in [9.17, 15) is 5.11 Å². The molecule has 72 valence electrons. The van der Waals surface area contributed by atoms with Crippen molar-refractivity contribution in [2.45, 2.75) is 32.7 Å². The Balaban J connectivity index is 3.24. The van der Waals surface area contributed by atoms with Crippen molar-refractivity contribution in [2.24, 2.45) is 5.73 Å². The molecule has 2 nitrogen and oxygen atoms in total. The van der Waals surface area contributed by atoms with Crippen LogP contribution in [0, 0.1) is 0 Å². The summed E-state index contributed by atoms with van der Waals surface area (Å²) in [6.07, 6.45) is 0.829. The molecule has 0 aliphatic rings. The van der Waals surface area contributed by atoms with E-state index in [1.54, 1.807) is 0 Å². The van der Waals surface area contributed by atoms with Crippen molar-refractivity contribution < 1.29 is 5.11 Å². The molecule has 1 rings (SSSR count). The average Bonchev–Trinajstić information content (AvgIpc) is 2.02. The minimum Gasteiger partial charge on any atom is -0.507 e. The lowest BCUT2D eigenvalue weighted by Gasteiger charge is -2.21. The third-order valence-electron chi connectivity index (χ3n) is 2.19. The van der Waals surface area contributed by atoms with Crippen molar-refractivity contribution in [3.8, 4) is 5.75 Å². The van der Waals surface area contributed by atoms with Gasteiger partial charge in [0.25, 0.3) is 0 Å². The Morgan fingerprint density at radius 3 is 2.46 bits per heavy atom. The zero-order valence-electron chi connectivity index (χ0n) is 8.46. The van der Waals surface area contributed by atoms with Gasteiger partial charge in [0.1, 0.15) is 5.75 Å². The number of para-hydroxylation sites is 1. The van der Waals surface area contributed by atoms with Crippen LogP contribution in [-0.2, 0) is 12.0 Å². The lowest BCUT2D eigenvalue weighted by molar-refractivity contribution is 0.435. The maximum atomic E-state index is 9.84. The highest BCUT2D eigenvalue weighted by molar-refractivity contribution is 5.43. The van der Waals surface area contributed by atoms with Gasteiger partial charge in [-0.15, -0.1) is 0 Å². The Morgan fingerprint density at radius 2 is 2.00 bits per heavy atom. The van der Waals surface area contributed by atoms with E-state index in [1.165, 1.54) is 0 Å². The van der Waals surface area contributed by atoms with Gasteiger partial charge < -0.3 is 10.8 Å². The van der Waals surface area contributed by atoms with Gasteiger partial charge in [0, 0.05) is 11.1 Å². The number of nitrogens with two attached hydrogens (primary N) is 1. The minimum absolute atomic E-state index is 0.345. The van der Waals surface area contributed by atoms with Gasteiger partial charge >= 0.3 is 0 Å². The maximum absolute atomic E-state index is 9.84. The molecule has 0 heterocycles. The topological polar surface area (TPSA) is 46.2 Å². The Bertz CT molecular complexity index is 299. The molecule has 0 unspecified atom stereocenters. The van der Waals surface area contributed by atoms with E-state index < -0.39 is 5.54 Å². The lowest BCUT2D eigenvalue weighted by atomic mass is 9.92. The summed E-state index contributed by atoms with van der Waals surface area (Å²) in [6, 6.07) is 5.72. The monoisotopic (exact) mass is 179 g/mol. The quantitative estimate of drug-likeness (QED) is 0.730. The summed E-state index contributed by atoms with van der Waals surface area (Å²) < 4.78 is 0. The van der Waals surface area contributed by atoms with Crippen LogP contribution in [-0.4, -0.2) is 5.11 Å². The largest absolute Gasteiger partial charge is 0.507 e. The molecule has 0 aliphatic carbocycles. The number of hydrogen-bond acceptors (Lipinski definition) is 2. The first-order valence-electron chi connectivity index (χ1n) is 4.57. The number of rotatable bonds is 2. The van der Waals surface area contributed by atoms with Crippen LogP contribution >= 0.6 is 0 Å². The van der Waals surface area contributed by atoms with Crippen LogP contribution in [0.15, 0.2) is 18.2 Å². The van der Waals surface area contributed by atoms with E-state index in [2.05, 4.69) is 0 Å². The molecule has 0 amide bonds. The smallest absolute Gasteiger partial charge is 0.123 e. The number of hydrogen-bond donors (Lipinski definition) is 2. The van der Waals surface area contributed by atoms with Crippen molar-refractivity contribution >= 4 is 0 Å². The van der Waals surface area contributed by atoms with Crippen molar-refractivity contribution in [1.29, 1.82) is 0 Å². The highest BCUT2D eigenvalue weighted by Crippen LogP contribution is 2.30. The summed E-state index contributed by atoms with van der Waals surface area (Å²) in [4.78, 5) is 0. The summed E-state index contributed by atoms with van der Waals surface area (Å²) in [6.45, 7) is 5.80. The molecule has 13 heavy (non-hydrogen) atoms. The Labute approximate surface area is 79.4 Å². The van der Waals surface area contributed by atoms with Gasteiger partial charge in [0.05, 0.1) is 0 Å². The van der Waals surface area contributed by atoms with Gasteiger partial charge in [-0.2, -0.15) is 0 Å². The zero-order valence-corrected chi connectivity index (χ0v) is 8.46. The summed E-state index contributed by atoms with van der Waals surface area (Å²) in [7, 11) is 0. The highest BCUT2D eigenvalue weighted by Gasteiger charge is 2.19. The number of aromatic hydroxyl groups is 1. The van der Waals surface area contributed by atoms with Crippen LogP contribution in [0.25, 0.3) is 0 Å². The third kappa shape index (κ3) is 2.01. The molecule has 0 radical (unpaired) electrons. The van der Waals surface area contributed by atoms with Gasteiger partial charge in [-0.3, -0.25) is 0 Å². The van der Waals surface area contributed by atoms with Gasteiger partial charge in [0.2, 0.25) is 0 Å². The lowest BCUT2D eigenvalue weighted by Crippen LogP contribution is -2.28. The first-order valence-corrected chi connectivity index (χ1v) is 4.57. The first-order chi connectivity index (χ1) is 5.96. The SMILES string of the molecule is CCc1cccc(C(C)(C)N)c1O. The second-order valence-electron chi connectivity index (χ2n) is 3.89. The summed E-state index contributed by atoms with van der Waals surface area (Å²) in [5.41, 5.74) is 7.21. The fourth-order valence-electron chi connectivity index (χ4n) is 1.40. The standard InChI is InChI=1S/C11H17NO/c1-4-8-6-5-7-9(10(8)13)11(2,3)12/h5-7,13H,4,12H2,1-3H3. The summed E-state index contributed by atoms with van der Waals surface area (Å²) in [5.74, 6) is 0.345. The van der Waals surface area contributed by atoms with E-state index >= 15 is 0 Å². The summed E-state index contributed by atoms with van der Waals surface area (Å²) in [5, 5.41) is 9.84. The van der Waals surface area contributed by atoms with E-state index in [0.29, 0.717) is 5.75 Å². The Morgan fingerprint density at radius 1 is 1.38 bits per heavy atom. The van der Waals surface area contributed by atoms with Crippen LogP contribution in [0.3, 0.4) is 0 Å². The summed E-state index contributed by atoms with van der Waals surface area (Å²) >= 11 is 0. The third-order valence-corrected chi connectivity index (χ3v) is 2.19. The molecule has 0 bridgehead atoms. The maximum Gasteiger partial charge on any atom is 0.123 e. The fraction of sp³-hybridized carbons (Fsp3) is 0.455. The average molecular weight is 179 g/mol. The van der Waals surface area contributed by atoms with E-state index in [4.69, 9.17) is 5.73 Å². The van der Waals surface area contributed by atoms with Crippen LogP contribution in [0.1, 0.15) is 31.9 Å². The van der Waals surface area contributed by atoms with Crippen LogP contribution in [0.5, 0.6) is 5.75 Å². The molecule has 0 aliphatic heterocycles. The highest BCUT2D eigenvalue weighted by atomic mass is 16.3. The molecule has 2 heteroatoms. The normalized spacial score (nSPS) is 11.7. The van der Waals surface area contributed by atoms with Crippen LogP contribution in [0.4, 0.5) is 0 Å². The molecule has 0 saturated heterocycles. The number of phenols is 1. The molecular weight excluding hydrogens is 162 g/mol. The molecule has 0 spiro atoms. The van der Waals surface area contributed by atoms with Gasteiger partial charge in [-0.1, -0.05) is 25.1 Å². The second-order valence-corrected chi connectivity index (χ2v) is 3.89. The van der Waals surface area contributed by atoms with Crippen LogP contribution < -0.4 is 5.73 Å². The van der Waals surface area contributed by atoms with Gasteiger partial charge in [-0.05, 0) is 25.8 Å². The van der Waals surface area contributed by atoms with E-state index in [1.807, 2.05) is 39.0 Å². The Kier molecular flexibility index (Phi) is 2.62. The molecule has 0 atom stereocenters. The van der Waals surface area contributed by atoms with Crippen molar-refractivity contribution in [2.75, 3.05) is 0 Å². The minimum atomic E-state index is -0.477. The molecule has 0 fully saturated rings. The molecule has 1 aromatic rings. The van der Waals surface area contributed by atoms with Crippen LogP contribution in [0.2, 0.25) is 0 Å². The predicted molar refractivity (Wildman–Crippen MR) is 54.7 cm³/mol. The Hall–Kier alpha value is -1.02. The van der Waals surface area contributed by atoms with Crippen molar-refractivity contribution in [1.82, 2.24) is 0 Å². The van der Waals surface area contributed by atoms with Crippen molar-refractivity contribution in [3.63, 3.8) is 0 Å².